The molecular formula is C46H44FN11O4. The van der Waals surface area contributed by atoms with Gasteiger partial charge in [0.2, 0.25) is 0 Å². The molecule has 0 aliphatic carbocycles. The second-order valence-electron chi connectivity index (χ2n) is 15.2. The third-order valence-electron chi connectivity index (χ3n) is 11.1. The van der Waals surface area contributed by atoms with E-state index >= 15 is 4.39 Å². The Morgan fingerprint density at radius 1 is 0.919 bits per heavy atom. The van der Waals surface area contributed by atoms with Gasteiger partial charge in [0.05, 0.1) is 40.4 Å². The van der Waals surface area contributed by atoms with Crippen molar-refractivity contribution in [3.63, 3.8) is 0 Å². The quantitative estimate of drug-likeness (QED) is 0.198. The van der Waals surface area contributed by atoms with Gasteiger partial charge < -0.3 is 19.4 Å². The molecule has 15 nitrogen and oxygen atoms in total. The predicted molar refractivity (Wildman–Crippen MR) is 238 cm³/mol. The number of anilines is 3. The Hall–Kier alpha value is -7.64. The van der Waals surface area contributed by atoms with Crippen LogP contribution in [0.3, 0.4) is 0 Å². The number of aromatic amines is 1. The first-order chi connectivity index (χ1) is 29.7. The third kappa shape index (κ3) is 7.77. The lowest BCUT2D eigenvalue weighted by Gasteiger charge is -2.42. The lowest BCUT2D eigenvalue weighted by atomic mass is 9.98. The van der Waals surface area contributed by atoms with Crippen molar-refractivity contribution in [1.29, 1.82) is 5.26 Å². The molecule has 4 aromatic carbocycles. The van der Waals surface area contributed by atoms with Crippen LogP contribution in [0.4, 0.5) is 21.5 Å². The molecule has 4 aliphatic rings. The van der Waals surface area contributed by atoms with Gasteiger partial charge in [-0.2, -0.15) is 25.2 Å². The van der Waals surface area contributed by atoms with Crippen LogP contribution in [0, 0.1) is 17.1 Å². The number of pyridine rings is 1. The van der Waals surface area contributed by atoms with Crippen LogP contribution in [0.15, 0.2) is 117 Å². The van der Waals surface area contributed by atoms with Gasteiger partial charge in [0.1, 0.15) is 25.2 Å². The minimum absolute atomic E-state index is 0. The topological polar surface area (TPSA) is 160 Å². The van der Waals surface area contributed by atoms with Crippen LogP contribution in [-0.4, -0.2) is 82.6 Å². The third-order valence-corrected chi connectivity index (χ3v) is 11.1. The van der Waals surface area contributed by atoms with E-state index in [1.165, 1.54) is 16.0 Å². The summed E-state index contributed by atoms with van der Waals surface area (Å²) in [5, 5.41) is 23.4. The number of aromatic nitrogens is 4. The highest BCUT2D eigenvalue weighted by Gasteiger charge is 2.36. The van der Waals surface area contributed by atoms with Gasteiger partial charge in [0.25, 0.3) is 11.5 Å². The van der Waals surface area contributed by atoms with E-state index in [4.69, 9.17) is 10.00 Å². The molecule has 0 unspecified atom stereocenters. The number of halogens is 1. The van der Waals surface area contributed by atoms with Crippen LogP contribution < -0.4 is 30.8 Å². The number of nitrogens with zero attached hydrogens (tertiary/aromatic N) is 10. The molecule has 314 valence electrons. The standard InChI is InChI=1S/C26H17N5O2.C19H23FN6O2.CH4/c27-16-19-10-8-18(9-11-19)12-13-22-14-20-4-1-2-7-24(20)26(33)30(22)21-5-3-6-23(15-21)31-25(32)17-28-29-31;1-12-10-28-18-16-13(7-14(9-25(12)16)26-19(27)21-11-22-26)8-15(20)17(18)24-5-3-23(2)4-6-24;/h1-15H,17H2;8-9,11-12H,3-7,10H2,1-2H3,(H,21,22,27);1H4/b13-12+;;/t;12-;/m.0./s1. The molecule has 1 fully saturated rings. The number of likely N-dealkylation sites (N-methyl/N-ethyl adjacent to an activating group) is 1. The minimum atomic E-state index is -0.301. The van der Waals surface area contributed by atoms with Gasteiger partial charge in [0, 0.05) is 49.9 Å². The lowest BCUT2D eigenvalue weighted by molar-refractivity contribution is -0.116. The summed E-state index contributed by atoms with van der Waals surface area (Å²) >= 11 is 0. The molecule has 0 spiro atoms. The molecule has 1 atom stereocenters. The molecule has 1 saturated heterocycles. The van der Waals surface area contributed by atoms with Gasteiger partial charge in [-0.05, 0) is 85.1 Å². The van der Waals surface area contributed by atoms with Gasteiger partial charge in [-0.15, -0.1) is 0 Å². The number of hydrogen-bond acceptors (Lipinski definition) is 11. The van der Waals surface area contributed by atoms with Crippen molar-refractivity contribution in [2.24, 2.45) is 10.3 Å². The van der Waals surface area contributed by atoms with Crippen LogP contribution in [-0.2, 0) is 11.2 Å². The SMILES string of the molecule is C.C[C@H]1COc2c(N3CCN(C)CC3)c(F)cc3c2N1C=C(n1nc[nH]c1=O)C3.N#Cc1ccc(/C=C/c2cc3ccccc3c(=O)n2-c2cccc(N3N=NCC3=O)c2)cc1. The number of H-pyrrole nitrogens is 1. The Morgan fingerprint density at radius 2 is 1.69 bits per heavy atom. The molecule has 1 N–H and O–H groups in total. The van der Waals surface area contributed by atoms with Crippen LogP contribution in [0.1, 0.15) is 36.7 Å². The van der Waals surface area contributed by atoms with E-state index in [0.29, 0.717) is 58.2 Å². The first-order valence-electron chi connectivity index (χ1n) is 19.8. The first kappa shape index (κ1) is 41.1. The summed E-state index contributed by atoms with van der Waals surface area (Å²) < 4.78 is 24.3. The van der Waals surface area contributed by atoms with E-state index in [1.807, 2.05) is 60.8 Å². The number of carbonyl (C=O) groups is 1. The normalized spacial score (nSPS) is 16.9. The second-order valence-corrected chi connectivity index (χ2v) is 15.2. The monoisotopic (exact) mass is 833 g/mol. The smallest absolute Gasteiger partial charge is 0.347 e. The van der Waals surface area contributed by atoms with Gasteiger partial charge >= 0.3 is 5.69 Å². The molecule has 6 heterocycles. The summed E-state index contributed by atoms with van der Waals surface area (Å²) in [4.78, 5) is 46.6. The number of piperazine rings is 1. The Bertz CT molecular complexity index is 2940. The van der Waals surface area contributed by atoms with Crippen LogP contribution in [0.5, 0.6) is 5.75 Å². The highest BCUT2D eigenvalue weighted by atomic mass is 19.1. The van der Waals surface area contributed by atoms with Gasteiger partial charge in [-0.25, -0.2) is 9.18 Å². The zero-order valence-corrected chi connectivity index (χ0v) is 33.4. The van der Waals surface area contributed by atoms with Crippen LogP contribution in [0.2, 0.25) is 0 Å². The molecule has 16 heteroatoms. The number of nitrogens with one attached hydrogen (secondary N) is 1. The fourth-order valence-electron chi connectivity index (χ4n) is 7.97. The van der Waals surface area contributed by atoms with Crippen molar-refractivity contribution in [2.45, 2.75) is 26.8 Å². The first-order valence-corrected chi connectivity index (χ1v) is 19.8. The summed E-state index contributed by atoms with van der Waals surface area (Å²) in [7, 11) is 2.08. The highest BCUT2D eigenvalue weighted by molar-refractivity contribution is 5.95. The van der Waals surface area contributed by atoms with Crippen molar-refractivity contribution in [2.75, 3.05) is 61.2 Å². The van der Waals surface area contributed by atoms with Gasteiger partial charge in [-0.3, -0.25) is 19.1 Å². The average Bonchev–Trinajstić information content (AvgIpc) is 3.92. The molecule has 1 amide bonds. The Kier molecular flexibility index (Phi) is 11.4. The zero-order chi connectivity index (χ0) is 42.2. The Morgan fingerprint density at radius 3 is 2.42 bits per heavy atom. The van der Waals surface area contributed by atoms with Crippen LogP contribution in [0.25, 0.3) is 34.3 Å². The van der Waals surface area contributed by atoms with Crippen LogP contribution >= 0.6 is 0 Å². The molecule has 0 bridgehead atoms. The van der Waals surface area contributed by atoms with E-state index in [0.717, 1.165) is 48.4 Å². The maximum Gasteiger partial charge on any atom is 0.347 e. The number of hydrogen-bond donors (Lipinski definition) is 1. The number of allylic oxidation sites excluding steroid dienone is 1. The molecule has 0 saturated carbocycles. The number of ether oxygens (including phenoxy) is 1. The van der Waals surface area contributed by atoms with Gasteiger partial charge in [-0.1, -0.05) is 55.1 Å². The highest BCUT2D eigenvalue weighted by Crippen LogP contribution is 2.49. The predicted octanol–water partition coefficient (Wildman–Crippen LogP) is 6.49. The Balaban J connectivity index is 0.000000170. The summed E-state index contributed by atoms with van der Waals surface area (Å²) in [5.74, 6) is 0.115. The summed E-state index contributed by atoms with van der Waals surface area (Å²) in [6, 6.07) is 27.4. The average molecular weight is 834 g/mol. The largest absolute Gasteiger partial charge is 0.487 e. The minimum Gasteiger partial charge on any atom is -0.487 e. The Labute approximate surface area is 356 Å². The zero-order valence-electron chi connectivity index (χ0n) is 33.4. The van der Waals surface area contributed by atoms with Crippen molar-refractivity contribution >= 4 is 51.6 Å². The fourth-order valence-corrected chi connectivity index (χ4v) is 7.97. The molecule has 6 aromatic rings. The van der Waals surface area contributed by atoms with E-state index in [2.05, 4.69) is 55.2 Å². The summed E-state index contributed by atoms with van der Waals surface area (Å²) in [6.45, 7) is 5.83. The van der Waals surface area contributed by atoms with E-state index < -0.39 is 0 Å². The van der Waals surface area contributed by atoms with Crippen molar-refractivity contribution < 1.29 is 13.9 Å². The fraction of sp³-hybridized carbons (Fsp3) is 0.239. The van der Waals surface area contributed by atoms with E-state index in [1.54, 1.807) is 47.0 Å². The number of fused-ring (bicyclic) bond motifs is 1. The molecule has 2 aromatic heterocycles. The van der Waals surface area contributed by atoms with Crippen molar-refractivity contribution in [3.05, 3.63) is 146 Å². The molecule has 10 rings (SSSR count). The number of amides is 1. The van der Waals surface area contributed by atoms with E-state index in [9.17, 15) is 14.4 Å². The molecule has 62 heavy (non-hydrogen) atoms. The van der Waals surface area contributed by atoms with Gasteiger partial charge in [0.15, 0.2) is 11.6 Å². The number of benzene rings is 4. The maximum atomic E-state index is 15.2. The number of rotatable bonds is 6. The maximum absolute atomic E-state index is 15.2. The second kappa shape index (κ2) is 17.1. The lowest BCUT2D eigenvalue weighted by Crippen LogP contribution is -2.46. The molecular weight excluding hydrogens is 790 g/mol. The van der Waals surface area contributed by atoms with E-state index in [-0.39, 0.29) is 43.0 Å². The van der Waals surface area contributed by atoms with Crippen molar-refractivity contribution in [1.82, 2.24) is 24.2 Å². The number of carbonyl (C=O) groups excluding carboxylic acids is 1. The summed E-state index contributed by atoms with van der Waals surface area (Å²) in [6.07, 6.45) is 7.47. The number of nitriles is 1. The van der Waals surface area contributed by atoms with Crippen molar-refractivity contribution in [3.8, 4) is 17.5 Å². The molecule has 0 radical (unpaired) electrons. The summed E-state index contributed by atoms with van der Waals surface area (Å²) in [5.41, 5.74) is 5.82. The molecule has 4 aliphatic heterocycles.